The number of ether oxygens (including phenoxy) is 1. The molecular formula is C21H19N3O3S. The van der Waals surface area contributed by atoms with Gasteiger partial charge in [0, 0.05) is 4.88 Å². The van der Waals surface area contributed by atoms with Gasteiger partial charge in [0.1, 0.15) is 10.9 Å². The van der Waals surface area contributed by atoms with Crippen LogP contribution in [0.25, 0.3) is 21.9 Å². The Labute approximate surface area is 165 Å². The Balaban J connectivity index is 1.80. The highest BCUT2D eigenvalue weighted by Gasteiger charge is 2.23. The van der Waals surface area contributed by atoms with Crippen LogP contribution in [0.1, 0.15) is 35.2 Å². The summed E-state index contributed by atoms with van der Waals surface area (Å²) in [4.78, 5) is 22.0. The van der Waals surface area contributed by atoms with Crippen LogP contribution < -0.4 is 10.3 Å². The van der Waals surface area contributed by atoms with Crippen LogP contribution in [0.3, 0.4) is 0 Å². The van der Waals surface area contributed by atoms with E-state index in [1.807, 2.05) is 0 Å². The van der Waals surface area contributed by atoms with Gasteiger partial charge >= 0.3 is 0 Å². The van der Waals surface area contributed by atoms with Crippen molar-refractivity contribution < 1.29 is 9.84 Å². The maximum absolute atomic E-state index is 12.7. The Bertz CT molecular complexity index is 1200. The average Bonchev–Trinajstić information content (AvgIpc) is 3.03. The number of methoxy groups -OCH3 is 1. The third-order valence-corrected chi connectivity index (χ3v) is 6.20. The van der Waals surface area contributed by atoms with Crippen LogP contribution in [0.5, 0.6) is 11.5 Å². The zero-order chi connectivity index (χ0) is 19.8. The standard InChI is InChI=1S/C21H19N3O3S/c1-11-3-5-14-17(7-11)28-21-18(14)20(26)23-19(24-21)13(10-22)8-12-4-6-16(27-2)15(25)9-12/h4,6,8-9,11,25H,3,5,7H2,1-2H3,(H,23,24,26)/b13-8+. The smallest absolute Gasteiger partial charge is 0.260 e. The number of H-pyrrole nitrogens is 1. The lowest BCUT2D eigenvalue weighted by molar-refractivity contribution is 0.373. The molecule has 2 heterocycles. The second-order valence-corrected chi connectivity index (χ2v) is 8.13. The fraction of sp³-hybridized carbons (Fsp3) is 0.286. The summed E-state index contributed by atoms with van der Waals surface area (Å²) in [7, 11) is 1.47. The van der Waals surface area contributed by atoms with Crippen LogP contribution in [0.15, 0.2) is 23.0 Å². The molecule has 1 unspecified atom stereocenters. The molecule has 0 fully saturated rings. The number of aromatic hydroxyl groups is 1. The number of aromatic amines is 1. The molecule has 6 nitrogen and oxygen atoms in total. The zero-order valence-corrected chi connectivity index (χ0v) is 16.4. The number of nitriles is 1. The minimum absolute atomic E-state index is 0.0227. The predicted molar refractivity (Wildman–Crippen MR) is 110 cm³/mol. The summed E-state index contributed by atoms with van der Waals surface area (Å²) >= 11 is 1.55. The molecule has 4 rings (SSSR count). The average molecular weight is 393 g/mol. The van der Waals surface area contributed by atoms with Crippen LogP contribution >= 0.6 is 11.3 Å². The molecule has 28 heavy (non-hydrogen) atoms. The second-order valence-electron chi connectivity index (χ2n) is 7.05. The molecule has 142 valence electrons. The van der Waals surface area contributed by atoms with E-state index in [9.17, 15) is 15.2 Å². The van der Waals surface area contributed by atoms with Gasteiger partial charge in [-0.3, -0.25) is 4.79 Å². The maximum Gasteiger partial charge on any atom is 0.260 e. The summed E-state index contributed by atoms with van der Waals surface area (Å²) in [6, 6.07) is 6.93. The van der Waals surface area contributed by atoms with Crippen molar-refractivity contribution >= 4 is 33.2 Å². The maximum atomic E-state index is 12.7. The van der Waals surface area contributed by atoms with Gasteiger partial charge in [0.05, 0.1) is 18.1 Å². The summed E-state index contributed by atoms with van der Waals surface area (Å²) < 4.78 is 5.03. The predicted octanol–water partition coefficient (Wildman–Crippen LogP) is 3.89. The van der Waals surface area contributed by atoms with E-state index in [0.717, 1.165) is 24.8 Å². The largest absolute Gasteiger partial charge is 0.504 e. The molecule has 1 aliphatic rings. The van der Waals surface area contributed by atoms with Gasteiger partial charge in [-0.15, -0.1) is 11.3 Å². The first-order valence-corrected chi connectivity index (χ1v) is 9.85. The quantitative estimate of drug-likeness (QED) is 0.658. The molecule has 3 aromatic rings. The fourth-order valence-electron chi connectivity index (χ4n) is 3.59. The SMILES string of the molecule is COc1ccc(/C=C(\C#N)c2nc3sc4c(c3c(=O)[nH]2)CCC(C)C4)cc1O. The van der Waals surface area contributed by atoms with Gasteiger partial charge in [0.15, 0.2) is 17.3 Å². The van der Waals surface area contributed by atoms with Crippen molar-refractivity contribution in [1.82, 2.24) is 9.97 Å². The van der Waals surface area contributed by atoms with E-state index in [1.54, 1.807) is 29.5 Å². The Morgan fingerprint density at radius 2 is 2.32 bits per heavy atom. The molecule has 1 aliphatic carbocycles. The Hall–Kier alpha value is -3.11. The number of nitrogens with zero attached hydrogens (tertiary/aromatic N) is 2. The van der Waals surface area contributed by atoms with E-state index in [-0.39, 0.29) is 22.7 Å². The minimum atomic E-state index is -0.203. The van der Waals surface area contributed by atoms with Gasteiger partial charge in [-0.25, -0.2) is 4.98 Å². The lowest BCUT2D eigenvalue weighted by Crippen LogP contribution is -2.14. The third kappa shape index (κ3) is 3.16. The van der Waals surface area contributed by atoms with Crippen LogP contribution in [0.4, 0.5) is 0 Å². The van der Waals surface area contributed by atoms with Crippen LogP contribution in [-0.2, 0) is 12.8 Å². The first-order chi connectivity index (χ1) is 13.5. The first-order valence-electron chi connectivity index (χ1n) is 9.04. The normalized spacial score (nSPS) is 16.6. The van der Waals surface area contributed by atoms with E-state index < -0.39 is 0 Å². The Morgan fingerprint density at radius 3 is 3.04 bits per heavy atom. The van der Waals surface area contributed by atoms with E-state index in [4.69, 9.17) is 4.74 Å². The molecule has 0 aliphatic heterocycles. The number of aryl methyl sites for hydroxylation is 1. The van der Waals surface area contributed by atoms with E-state index in [2.05, 4.69) is 23.0 Å². The molecule has 0 saturated carbocycles. The first kappa shape index (κ1) is 18.3. The number of hydrogen-bond donors (Lipinski definition) is 2. The van der Waals surface area contributed by atoms with Gasteiger partial charge in [-0.1, -0.05) is 13.0 Å². The number of benzene rings is 1. The lowest BCUT2D eigenvalue weighted by Gasteiger charge is -2.17. The van der Waals surface area contributed by atoms with Crippen molar-refractivity contribution in [3.63, 3.8) is 0 Å². The number of hydrogen-bond acceptors (Lipinski definition) is 6. The second kappa shape index (κ2) is 7.13. The Kier molecular flexibility index (Phi) is 4.65. The fourth-order valence-corrected chi connectivity index (χ4v) is 4.98. The molecule has 1 atom stereocenters. The molecular weight excluding hydrogens is 374 g/mol. The van der Waals surface area contributed by atoms with Crippen LogP contribution in [0, 0.1) is 17.2 Å². The number of nitrogens with one attached hydrogen (secondary N) is 1. The number of rotatable bonds is 3. The number of phenols is 1. The topological polar surface area (TPSA) is 99.0 Å². The monoisotopic (exact) mass is 393 g/mol. The number of thiophene rings is 1. The molecule has 2 aromatic heterocycles. The van der Waals surface area contributed by atoms with Crippen LogP contribution in [-0.4, -0.2) is 22.2 Å². The summed E-state index contributed by atoms with van der Waals surface area (Å²) in [6.45, 7) is 2.22. The van der Waals surface area contributed by atoms with Crippen molar-refractivity contribution in [3.05, 3.63) is 50.4 Å². The van der Waals surface area contributed by atoms with Crippen molar-refractivity contribution in [2.24, 2.45) is 5.92 Å². The highest BCUT2D eigenvalue weighted by molar-refractivity contribution is 7.18. The van der Waals surface area contributed by atoms with E-state index in [0.29, 0.717) is 27.4 Å². The highest BCUT2D eigenvalue weighted by atomic mass is 32.1. The summed E-state index contributed by atoms with van der Waals surface area (Å²) in [5.74, 6) is 1.17. The lowest BCUT2D eigenvalue weighted by atomic mass is 9.89. The van der Waals surface area contributed by atoms with E-state index in [1.165, 1.54) is 18.1 Å². The third-order valence-electron chi connectivity index (χ3n) is 5.05. The minimum Gasteiger partial charge on any atom is -0.504 e. The number of aromatic nitrogens is 2. The molecule has 0 spiro atoms. The molecule has 2 N–H and O–H groups in total. The van der Waals surface area contributed by atoms with Gasteiger partial charge < -0.3 is 14.8 Å². The van der Waals surface area contributed by atoms with Gasteiger partial charge in [-0.2, -0.15) is 5.26 Å². The van der Waals surface area contributed by atoms with Crippen LogP contribution in [0.2, 0.25) is 0 Å². The number of phenolic OH excluding ortho intramolecular Hbond substituents is 1. The zero-order valence-electron chi connectivity index (χ0n) is 15.6. The molecule has 1 aromatic carbocycles. The van der Waals surface area contributed by atoms with Crippen molar-refractivity contribution in [2.45, 2.75) is 26.2 Å². The molecule has 0 bridgehead atoms. The number of fused-ring (bicyclic) bond motifs is 3. The molecule has 0 radical (unpaired) electrons. The summed E-state index contributed by atoms with van der Waals surface area (Å²) in [5, 5.41) is 20.2. The number of allylic oxidation sites excluding steroid dienone is 1. The van der Waals surface area contributed by atoms with E-state index >= 15 is 0 Å². The molecule has 7 heteroatoms. The van der Waals surface area contributed by atoms with Crippen molar-refractivity contribution in [2.75, 3.05) is 7.11 Å². The molecule has 0 amide bonds. The van der Waals surface area contributed by atoms with Crippen molar-refractivity contribution in [1.29, 1.82) is 5.26 Å². The van der Waals surface area contributed by atoms with Crippen molar-refractivity contribution in [3.8, 4) is 17.6 Å². The summed E-state index contributed by atoms with van der Waals surface area (Å²) in [6.07, 6.45) is 4.52. The highest BCUT2D eigenvalue weighted by Crippen LogP contribution is 2.36. The van der Waals surface area contributed by atoms with Gasteiger partial charge in [0.25, 0.3) is 5.56 Å². The van der Waals surface area contributed by atoms with Gasteiger partial charge in [-0.05, 0) is 54.5 Å². The summed E-state index contributed by atoms with van der Waals surface area (Å²) in [5.41, 5.74) is 1.74. The van der Waals surface area contributed by atoms with Gasteiger partial charge in [0.2, 0.25) is 0 Å². The molecule has 0 saturated heterocycles. The Morgan fingerprint density at radius 1 is 1.50 bits per heavy atom.